The zero-order valence-corrected chi connectivity index (χ0v) is 26.2. The minimum Gasteiger partial charge on any atom is -0.508 e. The number of nitrogens with two attached hydrogens (primary N) is 1. The maximum atomic E-state index is 13.3. The van der Waals surface area contributed by atoms with Crippen molar-refractivity contribution in [3.63, 3.8) is 0 Å². The third-order valence-electron chi connectivity index (χ3n) is 7.35. The highest BCUT2D eigenvalue weighted by Crippen LogP contribution is 2.28. The number of benzene rings is 3. The second kappa shape index (κ2) is 16.1. The molecule has 12 heteroatoms. The molecule has 0 spiro atoms. The number of amides is 1. The normalized spacial score (nSPS) is 12.9. The number of aromatic nitrogens is 3. The van der Waals surface area contributed by atoms with Crippen LogP contribution in [-0.2, 0) is 16.0 Å². The first-order valence-electron chi connectivity index (χ1n) is 15.2. The van der Waals surface area contributed by atoms with Gasteiger partial charge in [-0.25, -0.2) is 19.3 Å². The van der Waals surface area contributed by atoms with Crippen molar-refractivity contribution in [2.45, 2.75) is 19.5 Å². The van der Waals surface area contributed by atoms with Gasteiger partial charge in [-0.15, -0.1) is 0 Å². The van der Waals surface area contributed by atoms with Crippen molar-refractivity contribution >= 4 is 17.5 Å². The van der Waals surface area contributed by atoms with Gasteiger partial charge in [0, 0.05) is 23.9 Å². The average Bonchev–Trinajstić information content (AvgIpc) is 3.12. The third-order valence-corrected chi connectivity index (χ3v) is 7.35. The lowest BCUT2D eigenvalue weighted by atomic mass is 10.1. The Morgan fingerprint density at radius 3 is 2.33 bits per heavy atom. The number of carbonyl (C=O) groups is 1. The lowest BCUT2D eigenvalue weighted by Crippen LogP contribution is -2.28. The predicted molar refractivity (Wildman–Crippen MR) is 179 cm³/mol. The number of ether oxygens (including phenoxy) is 2. The standard InChI is InChI=1S/C32H26FN7O2.C4H8O2/c1-19(22-9-11-25(33)12-10-22)39-32(42)27-13-21(15-34)17-38-31(27)37-16-20-5-7-23(8-6-20)28-18-36-30(35)29(40-28)24-3-2-4-26(41)14-24;1-2-6-4-3-5-1/h2-14,17-19,41H,16H2,1H3,(H2,35,36)(H,37,38)(H,39,42);1-4H2/t19-;/m0./s1. The summed E-state index contributed by atoms with van der Waals surface area (Å²) in [6.07, 6.45) is 2.99. The van der Waals surface area contributed by atoms with Crippen LogP contribution in [-0.4, -0.2) is 52.4 Å². The third kappa shape index (κ3) is 8.88. The van der Waals surface area contributed by atoms with E-state index in [9.17, 15) is 19.6 Å². The topological polar surface area (TPSA) is 168 Å². The number of nitriles is 1. The van der Waals surface area contributed by atoms with Crippen molar-refractivity contribution in [1.82, 2.24) is 20.3 Å². The van der Waals surface area contributed by atoms with Gasteiger partial charge in [0.1, 0.15) is 35.0 Å². The molecule has 0 bridgehead atoms. The fourth-order valence-electron chi connectivity index (χ4n) is 4.77. The monoisotopic (exact) mass is 647 g/mol. The summed E-state index contributed by atoms with van der Waals surface area (Å²) >= 11 is 0. The van der Waals surface area contributed by atoms with Gasteiger partial charge in [0.2, 0.25) is 0 Å². The SMILES string of the molecule is C1COCCO1.C[C@H](NC(=O)c1cc(C#N)cnc1NCc1ccc(-c2cnc(N)c(-c3cccc(O)c3)n2)cc1)c1ccc(F)cc1. The van der Waals surface area contributed by atoms with Crippen LogP contribution < -0.4 is 16.4 Å². The molecule has 0 radical (unpaired) electrons. The number of hydrogen-bond donors (Lipinski definition) is 4. The zero-order chi connectivity index (χ0) is 33.9. The van der Waals surface area contributed by atoms with E-state index in [-0.39, 0.29) is 28.5 Å². The molecule has 0 saturated carbocycles. The molecular weight excluding hydrogens is 613 g/mol. The van der Waals surface area contributed by atoms with Gasteiger partial charge in [0.15, 0.2) is 0 Å². The van der Waals surface area contributed by atoms with Crippen LogP contribution in [0.25, 0.3) is 22.5 Å². The number of carbonyl (C=O) groups excluding carboxylic acids is 1. The highest BCUT2D eigenvalue weighted by molar-refractivity contribution is 5.99. The Morgan fingerprint density at radius 1 is 0.979 bits per heavy atom. The first-order valence-corrected chi connectivity index (χ1v) is 15.2. The first kappa shape index (κ1) is 33.5. The molecule has 1 aliphatic rings. The maximum Gasteiger partial charge on any atom is 0.255 e. The van der Waals surface area contributed by atoms with E-state index >= 15 is 0 Å². The molecule has 1 aliphatic heterocycles. The summed E-state index contributed by atoms with van der Waals surface area (Å²) in [6.45, 7) is 5.26. The average molecular weight is 648 g/mol. The Labute approximate surface area is 277 Å². The van der Waals surface area contributed by atoms with Crippen LogP contribution in [0.3, 0.4) is 0 Å². The number of aromatic hydroxyl groups is 1. The van der Waals surface area contributed by atoms with Crippen LogP contribution in [0.5, 0.6) is 5.75 Å². The number of halogens is 1. The van der Waals surface area contributed by atoms with E-state index in [4.69, 9.17) is 15.2 Å². The van der Waals surface area contributed by atoms with Gasteiger partial charge in [-0.1, -0.05) is 48.5 Å². The van der Waals surface area contributed by atoms with Gasteiger partial charge in [-0.3, -0.25) is 4.79 Å². The summed E-state index contributed by atoms with van der Waals surface area (Å²) in [5.41, 5.74) is 10.7. The Kier molecular flexibility index (Phi) is 11.2. The molecule has 1 amide bonds. The van der Waals surface area contributed by atoms with Gasteiger partial charge in [-0.2, -0.15) is 5.26 Å². The largest absolute Gasteiger partial charge is 0.508 e. The molecule has 3 aromatic carbocycles. The molecule has 3 heterocycles. The lowest BCUT2D eigenvalue weighted by molar-refractivity contribution is -0.0334. The van der Waals surface area contributed by atoms with Crippen LogP contribution in [0, 0.1) is 17.1 Å². The molecule has 244 valence electrons. The second-order valence-electron chi connectivity index (χ2n) is 10.8. The van der Waals surface area contributed by atoms with E-state index in [0.717, 1.165) is 43.1 Å². The molecule has 0 unspecified atom stereocenters. The maximum absolute atomic E-state index is 13.3. The van der Waals surface area contributed by atoms with Crippen molar-refractivity contribution in [3.05, 3.63) is 119 Å². The quantitative estimate of drug-likeness (QED) is 0.165. The number of pyridine rings is 1. The van der Waals surface area contributed by atoms with Crippen molar-refractivity contribution in [3.8, 4) is 34.3 Å². The highest BCUT2D eigenvalue weighted by Gasteiger charge is 2.17. The van der Waals surface area contributed by atoms with Crippen molar-refractivity contribution in [2.75, 3.05) is 37.5 Å². The molecule has 48 heavy (non-hydrogen) atoms. The van der Waals surface area contributed by atoms with Gasteiger partial charge < -0.3 is 30.9 Å². The molecule has 1 atom stereocenters. The molecule has 5 aromatic rings. The highest BCUT2D eigenvalue weighted by atomic mass is 19.1. The van der Waals surface area contributed by atoms with Crippen LogP contribution in [0.15, 0.2) is 91.3 Å². The fraction of sp³-hybridized carbons (Fsp3) is 0.194. The Morgan fingerprint density at radius 2 is 1.69 bits per heavy atom. The number of phenols is 1. The van der Waals surface area contributed by atoms with E-state index < -0.39 is 11.9 Å². The number of nitrogens with zero attached hydrogens (tertiary/aromatic N) is 4. The summed E-state index contributed by atoms with van der Waals surface area (Å²) in [7, 11) is 0. The smallest absolute Gasteiger partial charge is 0.255 e. The Balaban J connectivity index is 0.000000677. The fourth-order valence-corrected chi connectivity index (χ4v) is 4.77. The molecule has 1 fully saturated rings. The van der Waals surface area contributed by atoms with Gasteiger partial charge in [0.25, 0.3) is 5.91 Å². The summed E-state index contributed by atoms with van der Waals surface area (Å²) in [6, 6.07) is 23.3. The van der Waals surface area contributed by atoms with E-state index in [1.807, 2.05) is 30.3 Å². The molecular formula is C36H34FN7O4. The van der Waals surface area contributed by atoms with E-state index in [0.29, 0.717) is 29.3 Å². The van der Waals surface area contributed by atoms with Crippen LogP contribution in [0.4, 0.5) is 16.0 Å². The van der Waals surface area contributed by atoms with Gasteiger partial charge in [-0.05, 0) is 48.4 Å². The van der Waals surface area contributed by atoms with E-state index in [1.54, 1.807) is 49.5 Å². The number of hydrogen-bond acceptors (Lipinski definition) is 10. The molecule has 11 nitrogen and oxygen atoms in total. The number of rotatable bonds is 8. The molecule has 5 N–H and O–H groups in total. The first-order chi connectivity index (χ1) is 23.3. The van der Waals surface area contributed by atoms with Crippen molar-refractivity contribution < 1.29 is 23.8 Å². The molecule has 6 rings (SSSR count). The summed E-state index contributed by atoms with van der Waals surface area (Å²) in [4.78, 5) is 26.4. The van der Waals surface area contributed by atoms with Crippen LogP contribution >= 0.6 is 0 Å². The molecule has 2 aromatic heterocycles. The van der Waals surface area contributed by atoms with Crippen molar-refractivity contribution in [2.24, 2.45) is 0 Å². The number of nitrogens with one attached hydrogen (secondary N) is 2. The second-order valence-corrected chi connectivity index (χ2v) is 10.8. The van der Waals surface area contributed by atoms with Gasteiger partial charge in [0.05, 0.1) is 55.5 Å². The summed E-state index contributed by atoms with van der Waals surface area (Å²) in [5.74, 6) is -0.0919. The molecule has 1 saturated heterocycles. The minimum absolute atomic E-state index is 0.107. The van der Waals surface area contributed by atoms with Crippen molar-refractivity contribution in [1.29, 1.82) is 5.26 Å². The predicted octanol–water partition coefficient (Wildman–Crippen LogP) is 5.64. The summed E-state index contributed by atoms with van der Waals surface area (Å²) in [5, 5.41) is 25.3. The number of nitrogen functional groups attached to an aromatic ring is 1. The van der Waals surface area contributed by atoms with Crippen LogP contribution in [0.2, 0.25) is 0 Å². The Bertz CT molecular complexity index is 1880. The Hall–Kier alpha value is -5.90. The van der Waals surface area contributed by atoms with Crippen LogP contribution in [0.1, 0.15) is 40.0 Å². The summed E-state index contributed by atoms with van der Waals surface area (Å²) < 4.78 is 23.2. The van der Waals surface area contributed by atoms with E-state index in [1.165, 1.54) is 24.4 Å². The molecule has 0 aliphatic carbocycles. The van der Waals surface area contributed by atoms with Gasteiger partial charge >= 0.3 is 0 Å². The number of phenolic OH excluding ortho intramolecular Hbond substituents is 1. The van der Waals surface area contributed by atoms with E-state index in [2.05, 4.69) is 25.6 Å². The zero-order valence-electron chi connectivity index (χ0n) is 26.2. The lowest BCUT2D eigenvalue weighted by Gasteiger charge is -2.16. The minimum atomic E-state index is -0.418. The number of anilines is 2.